The molecule has 2 aromatic heterocycles. The van der Waals surface area contributed by atoms with E-state index in [1.807, 2.05) is 54.5 Å². The van der Waals surface area contributed by atoms with Gasteiger partial charge in [-0.2, -0.15) is 5.10 Å². The van der Waals surface area contributed by atoms with Gasteiger partial charge in [0.05, 0.1) is 17.7 Å². The standard InChI is InChI=1S/C21H26N4O2/c1-13-11-24(12-14(2)27-13)20(26)10-9-17-15(3)22-21-18-7-5-6-8-19(18)23-25(21)16(17)4/h5-8,13-14H,9-12H2,1-4H3/t13-,14-/m0/s1. The van der Waals surface area contributed by atoms with E-state index < -0.39 is 0 Å². The summed E-state index contributed by atoms with van der Waals surface area (Å²) in [6.07, 6.45) is 1.34. The molecule has 3 heterocycles. The third-order valence-electron chi connectivity index (χ3n) is 5.38. The minimum absolute atomic E-state index is 0.0932. The normalized spacial score (nSPS) is 20.5. The maximum absolute atomic E-state index is 12.7. The van der Waals surface area contributed by atoms with Crippen LogP contribution in [0.2, 0.25) is 0 Å². The molecular weight excluding hydrogens is 340 g/mol. The fraction of sp³-hybridized carbons (Fsp3) is 0.476. The SMILES string of the molecule is Cc1nc2c3ccccc3nn2c(C)c1CCC(=O)N1C[C@H](C)O[C@@H](C)C1. The smallest absolute Gasteiger partial charge is 0.223 e. The number of fused-ring (bicyclic) bond motifs is 3. The molecule has 6 heteroatoms. The Kier molecular flexibility index (Phi) is 4.60. The molecule has 0 bridgehead atoms. The molecule has 0 saturated carbocycles. The van der Waals surface area contributed by atoms with E-state index in [1.165, 1.54) is 0 Å². The van der Waals surface area contributed by atoms with Gasteiger partial charge in [0.25, 0.3) is 0 Å². The largest absolute Gasteiger partial charge is 0.372 e. The van der Waals surface area contributed by atoms with Crippen molar-refractivity contribution >= 4 is 22.5 Å². The number of carbonyl (C=O) groups is 1. The van der Waals surface area contributed by atoms with Crippen LogP contribution in [0.4, 0.5) is 0 Å². The molecule has 1 amide bonds. The van der Waals surface area contributed by atoms with Crippen molar-refractivity contribution < 1.29 is 9.53 Å². The Bertz CT molecular complexity index is 1000. The number of aryl methyl sites for hydroxylation is 2. The van der Waals surface area contributed by atoms with E-state index in [2.05, 4.69) is 6.92 Å². The number of aromatic nitrogens is 3. The Hall–Kier alpha value is -2.47. The third-order valence-corrected chi connectivity index (χ3v) is 5.38. The summed E-state index contributed by atoms with van der Waals surface area (Å²) in [5, 5.41) is 5.75. The molecule has 27 heavy (non-hydrogen) atoms. The number of ether oxygens (including phenoxy) is 1. The van der Waals surface area contributed by atoms with E-state index in [9.17, 15) is 4.79 Å². The topological polar surface area (TPSA) is 59.7 Å². The minimum atomic E-state index is 0.0932. The van der Waals surface area contributed by atoms with Crippen molar-refractivity contribution in [3.05, 3.63) is 41.2 Å². The maximum atomic E-state index is 12.7. The van der Waals surface area contributed by atoms with Crippen molar-refractivity contribution in [2.75, 3.05) is 13.1 Å². The first-order chi connectivity index (χ1) is 12.9. The Morgan fingerprint density at radius 2 is 1.89 bits per heavy atom. The van der Waals surface area contributed by atoms with Crippen LogP contribution in [0.25, 0.3) is 16.6 Å². The summed E-state index contributed by atoms with van der Waals surface area (Å²) in [4.78, 5) is 19.4. The summed E-state index contributed by atoms with van der Waals surface area (Å²) in [6.45, 7) is 9.46. The summed E-state index contributed by atoms with van der Waals surface area (Å²) >= 11 is 0. The molecule has 1 aromatic carbocycles. The number of benzene rings is 1. The number of hydrogen-bond donors (Lipinski definition) is 0. The molecule has 1 aliphatic heterocycles. The van der Waals surface area contributed by atoms with E-state index >= 15 is 0 Å². The third kappa shape index (κ3) is 3.30. The zero-order chi connectivity index (χ0) is 19.1. The maximum Gasteiger partial charge on any atom is 0.223 e. The van der Waals surface area contributed by atoms with Gasteiger partial charge in [0.1, 0.15) is 0 Å². The van der Waals surface area contributed by atoms with Crippen molar-refractivity contribution in [2.24, 2.45) is 0 Å². The number of morpholine rings is 1. The minimum Gasteiger partial charge on any atom is -0.372 e. The van der Waals surface area contributed by atoms with Gasteiger partial charge in [-0.1, -0.05) is 12.1 Å². The van der Waals surface area contributed by atoms with Gasteiger partial charge in [-0.05, 0) is 51.8 Å². The van der Waals surface area contributed by atoms with Crippen LogP contribution in [-0.2, 0) is 16.0 Å². The average Bonchev–Trinajstić information content (AvgIpc) is 2.99. The lowest BCUT2D eigenvalue weighted by molar-refractivity contribution is -0.143. The van der Waals surface area contributed by atoms with Gasteiger partial charge in [-0.25, -0.2) is 9.50 Å². The predicted molar refractivity (Wildman–Crippen MR) is 105 cm³/mol. The van der Waals surface area contributed by atoms with Crippen LogP contribution in [0.5, 0.6) is 0 Å². The van der Waals surface area contributed by atoms with Crippen molar-refractivity contribution in [1.29, 1.82) is 0 Å². The number of amides is 1. The predicted octanol–water partition coefficient (Wildman–Crippen LogP) is 3.07. The Balaban J connectivity index is 1.58. The summed E-state index contributed by atoms with van der Waals surface area (Å²) in [5.41, 5.74) is 4.97. The monoisotopic (exact) mass is 366 g/mol. The molecule has 3 aromatic rings. The first-order valence-corrected chi connectivity index (χ1v) is 9.61. The van der Waals surface area contributed by atoms with Crippen LogP contribution in [0, 0.1) is 13.8 Å². The number of carbonyl (C=O) groups excluding carboxylic acids is 1. The second-order valence-electron chi connectivity index (χ2n) is 7.57. The molecule has 6 nitrogen and oxygen atoms in total. The molecule has 0 spiro atoms. The molecule has 1 fully saturated rings. The highest BCUT2D eigenvalue weighted by Gasteiger charge is 2.26. The molecule has 0 unspecified atom stereocenters. The second-order valence-corrected chi connectivity index (χ2v) is 7.57. The summed E-state index contributed by atoms with van der Waals surface area (Å²) in [5.74, 6) is 0.182. The zero-order valence-corrected chi connectivity index (χ0v) is 16.4. The lowest BCUT2D eigenvalue weighted by atomic mass is 10.1. The van der Waals surface area contributed by atoms with Gasteiger partial charge in [0.2, 0.25) is 5.91 Å². The van der Waals surface area contributed by atoms with E-state index in [1.54, 1.807) is 0 Å². The van der Waals surface area contributed by atoms with Crippen molar-refractivity contribution in [2.45, 2.75) is 52.7 Å². The van der Waals surface area contributed by atoms with E-state index in [4.69, 9.17) is 14.8 Å². The molecule has 0 radical (unpaired) electrons. The first kappa shape index (κ1) is 17.9. The highest BCUT2D eigenvalue weighted by Crippen LogP contribution is 2.23. The molecule has 4 rings (SSSR count). The average molecular weight is 366 g/mol. The molecular formula is C21H26N4O2. The molecule has 2 atom stereocenters. The Morgan fingerprint density at radius 1 is 1.19 bits per heavy atom. The van der Waals surface area contributed by atoms with Crippen LogP contribution in [0.15, 0.2) is 24.3 Å². The van der Waals surface area contributed by atoms with Crippen LogP contribution in [-0.4, -0.2) is 50.7 Å². The molecule has 0 N–H and O–H groups in total. The van der Waals surface area contributed by atoms with E-state index in [0.717, 1.165) is 33.5 Å². The van der Waals surface area contributed by atoms with Gasteiger partial charge >= 0.3 is 0 Å². The first-order valence-electron chi connectivity index (χ1n) is 9.61. The summed E-state index contributed by atoms with van der Waals surface area (Å²) in [7, 11) is 0. The fourth-order valence-corrected chi connectivity index (χ4v) is 4.11. The van der Waals surface area contributed by atoms with E-state index in [-0.39, 0.29) is 18.1 Å². The fourth-order valence-electron chi connectivity index (χ4n) is 4.11. The Labute approximate surface area is 159 Å². The lowest BCUT2D eigenvalue weighted by Crippen LogP contribution is -2.48. The van der Waals surface area contributed by atoms with Gasteiger partial charge in [-0.3, -0.25) is 4.79 Å². The van der Waals surface area contributed by atoms with Crippen LogP contribution in [0.1, 0.15) is 37.2 Å². The van der Waals surface area contributed by atoms with Crippen LogP contribution < -0.4 is 0 Å². The molecule has 0 aliphatic carbocycles. The molecule has 142 valence electrons. The van der Waals surface area contributed by atoms with Crippen molar-refractivity contribution in [3.63, 3.8) is 0 Å². The van der Waals surface area contributed by atoms with Crippen LogP contribution in [0.3, 0.4) is 0 Å². The van der Waals surface area contributed by atoms with Crippen LogP contribution >= 0.6 is 0 Å². The number of nitrogens with zero attached hydrogens (tertiary/aromatic N) is 4. The van der Waals surface area contributed by atoms with Gasteiger partial charge in [-0.15, -0.1) is 0 Å². The van der Waals surface area contributed by atoms with Crippen molar-refractivity contribution in [3.8, 4) is 0 Å². The second kappa shape index (κ2) is 6.93. The van der Waals surface area contributed by atoms with Gasteiger partial charge in [0.15, 0.2) is 5.65 Å². The number of rotatable bonds is 3. The quantitative estimate of drug-likeness (QED) is 0.715. The summed E-state index contributed by atoms with van der Waals surface area (Å²) < 4.78 is 7.64. The summed E-state index contributed by atoms with van der Waals surface area (Å²) in [6, 6.07) is 8.05. The lowest BCUT2D eigenvalue weighted by Gasteiger charge is -2.35. The zero-order valence-electron chi connectivity index (χ0n) is 16.4. The molecule has 1 aliphatic rings. The van der Waals surface area contributed by atoms with Gasteiger partial charge in [0, 0.05) is 36.3 Å². The van der Waals surface area contributed by atoms with E-state index in [0.29, 0.717) is 25.9 Å². The number of hydrogen-bond acceptors (Lipinski definition) is 4. The Morgan fingerprint density at radius 3 is 2.63 bits per heavy atom. The van der Waals surface area contributed by atoms with Gasteiger partial charge < -0.3 is 9.64 Å². The highest BCUT2D eigenvalue weighted by molar-refractivity contribution is 5.92. The molecule has 1 saturated heterocycles. The van der Waals surface area contributed by atoms with Crippen molar-refractivity contribution in [1.82, 2.24) is 19.5 Å². The highest BCUT2D eigenvalue weighted by atomic mass is 16.5.